The van der Waals surface area contributed by atoms with Gasteiger partial charge in [0.05, 0.1) is 11.0 Å². The number of aromatic nitrogens is 3. The van der Waals surface area contributed by atoms with Crippen LogP contribution in [-0.2, 0) is 10.0 Å². The molecule has 0 saturated heterocycles. The van der Waals surface area contributed by atoms with Gasteiger partial charge in [-0.15, -0.1) is 0 Å². The van der Waals surface area contributed by atoms with E-state index in [1.165, 1.54) is 0 Å². The molecule has 7 nitrogen and oxygen atoms in total. The molecule has 2 heterocycles. The first-order chi connectivity index (χ1) is 9.47. The lowest BCUT2D eigenvalue weighted by Gasteiger charge is -2.03. The lowest BCUT2D eigenvalue weighted by molar-refractivity contribution is 0.390. The monoisotopic (exact) mass is 292 g/mol. The van der Waals surface area contributed by atoms with Crippen LogP contribution in [0.15, 0.2) is 33.7 Å². The minimum atomic E-state index is -3.78. The number of fused-ring (bicyclic) bond motifs is 1. The van der Waals surface area contributed by atoms with Crippen LogP contribution in [0.1, 0.15) is 11.5 Å². The summed E-state index contributed by atoms with van der Waals surface area (Å²) in [5.41, 5.74) is 1.75. The van der Waals surface area contributed by atoms with Gasteiger partial charge >= 0.3 is 0 Å². The summed E-state index contributed by atoms with van der Waals surface area (Å²) in [5.74, 6) is 0.400. The SMILES string of the molecule is Cc1noc(C)c1S(=O)(=O)Nc1nc2ccccc2[nH]1. The molecule has 0 aliphatic heterocycles. The molecule has 2 N–H and O–H groups in total. The average Bonchev–Trinajstić information content (AvgIpc) is 2.91. The van der Waals surface area contributed by atoms with Crippen molar-refractivity contribution in [3.8, 4) is 0 Å². The molecule has 0 bridgehead atoms. The fraction of sp³-hybridized carbons (Fsp3) is 0.167. The molecule has 0 atom stereocenters. The fourth-order valence-electron chi connectivity index (χ4n) is 2.04. The number of rotatable bonds is 3. The van der Waals surface area contributed by atoms with Crippen molar-refractivity contribution < 1.29 is 12.9 Å². The second kappa shape index (κ2) is 4.34. The quantitative estimate of drug-likeness (QED) is 0.768. The van der Waals surface area contributed by atoms with Crippen LogP contribution in [0.3, 0.4) is 0 Å². The first-order valence-electron chi connectivity index (χ1n) is 5.88. The largest absolute Gasteiger partial charge is 0.360 e. The number of benzene rings is 1. The highest BCUT2D eigenvalue weighted by atomic mass is 32.2. The van der Waals surface area contributed by atoms with E-state index >= 15 is 0 Å². The van der Waals surface area contributed by atoms with Gasteiger partial charge in [0.1, 0.15) is 5.69 Å². The Kier molecular flexibility index (Phi) is 2.75. The van der Waals surface area contributed by atoms with Crippen molar-refractivity contribution >= 4 is 27.0 Å². The van der Waals surface area contributed by atoms with E-state index in [9.17, 15) is 8.42 Å². The van der Waals surface area contributed by atoms with E-state index in [0.29, 0.717) is 11.2 Å². The lowest BCUT2D eigenvalue weighted by Crippen LogP contribution is -2.15. The number of anilines is 1. The van der Waals surface area contributed by atoms with E-state index in [1.54, 1.807) is 19.9 Å². The number of H-pyrrole nitrogens is 1. The van der Waals surface area contributed by atoms with Crippen LogP contribution in [0.4, 0.5) is 5.95 Å². The molecular weight excluding hydrogens is 280 g/mol. The minimum absolute atomic E-state index is 0.0398. The summed E-state index contributed by atoms with van der Waals surface area (Å²) >= 11 is 0. The Morgan fingerprint density at radius 1 is 1.25 bits per heavy atom. The van der Waals surface area contributed by atoms with Gasteiger partial charge in [0.25, 0.3) is 10.0 Å². The van der Waals surface area contributed by atoms with Gasteiger partial charge in [-0.05, 0) is 26.0 Å². The third-order valence-corrected chi connectivity index (χ3v) is 4.44. The predicted molar refractivity (Wildman–Crippen MR) is 72.9 cm³/mol. The predicted octanol–water partition coefficient (Wildman–Crippen LogP) is 1.97. The number of imidazole rings is 1. The van der Waals surface area contributed by atoms with Gasteiger partial charge in [-0.1, -0.05) is 17.3 Å². The first-order valence-corrected chi connectivity index (χ1v) is 7.36. The van der Waals surface area contributed by atoms with Crippen molar-refractivity contribution in [2.75, 3.05) is 4.72 Å². The number of nitrogens with one attached hydrogen (secondary N) is 2. The molecule has 2 aromatic heterocycles. The zero-order chi connectivity index (χ0) is 14.3. The molecule has 8 heteroatoms. The molecule has 0 radical (unpaired) electrons. The lowest BCUT2D eigenvalue weighted by atomic mass is 10.3. The van der Waals surface area contributed by atoms with Gasteiger partial charge < -0.3 is 9.51 Å². The smallest absolute Gasteiger partial charge is 0.269 e. The summed E-state index contributed by atoms with van der Waals surface area (Å²) < 4.78 is 31.9. The highest BCUT2D eigenvalue weighted by Crippen LogP contribution is 2.22. The zero-order valence-corrected chi connectivity index (χ0v) is 11.7. The number of sulfonamides is 1. The van der Waals surface area contributed by atoms with Gasteiger partial charge in [-0.3, -0.25) is 0 Å². The molecule has 0 aliphatic rings. The van der Waals surface area contributed by atoms with E-state index in [1.807, 2.05) is 18.2 Å². The van der Waals surface area contributed by atoms with Crippen molar-refractivity contribution in [3.05, 3.63) is 35.7 Å². The van der Waals surface area contributed by atoms with Gasteiger partial charge in [-0.2, -0.15) is 0 Å². The van der Waals surface area contributed by atoms with Crippen LogP contribution in [0.5, 0.6) is 0 Å². The normalized spacial score (nSPS) is 11.9. The van der Waals surface area contributed by atoms with Crippen molar-refractivity contribution in [3.63, 3.8) is 0 Å². The fourth-order valence-corrected chi connectivity index (χ4v) is 3.33. The standard InChI is InChI=1S/C12H12N4O3S/c1-7-11(8(2)19-15-7)20(17,18)16-12-13-9-5-3-4-6-10(9)14-12/h3-6H,1-2H3,(H2,13,14,16). The van der Waals surface area contributed by atoms with E-state index in [-0.39, 0.29) is 16.6 Å². The topological polar surface area (TPSA) is 101 Å². The van der Waals surface area contributed by atoms with Gasteiger partial charge in [0.2, 0.25) is 5.95 Å². The second-order valence-electron chi connectivity index (χ2n) is 4.36. The second-order valence-corrected chi connectivity index (χ2v) is 5.98. The highest BCUT2D eigenvalue weighted by Gasteiger charge is 2.25. The average molecular weight is 292 g/mol. The summed E-state index contributed by atoms with van der Waals surface area (Å²) in [6.45, 7) is 3.12. The van der Waals surface area contributed by atoms with Gasteiger partial charge in [-0.25, -0.2) is 18.1 Å². The summed E-state index contributed by atoms with van der Waals surface area (Å²) in [6.07, 6.45) is 0. The minimum Gasteiger partial charge on any atom is -0.360 e. The zero-order valence-electron chi connectivity index (χ0n) is 10.8. The molecule has 20 heavy (non-hydrogen) atoms. The Labute approximate surface area is 115 Å². The Morgan fingerprint density at radius 3 is 2.65 bits per heavy atom. The summed E-state index contributed by atoms with van der Waals surface area (Å²) in [6, 6.07) is 7.28. The molecule has 3 aromatic rings. The summed E-state index contributed by atoms with van der Waals surface area (Å²) in [7, 11) is -3.78. The Balaban J connectivity index is 2.01. The molecule has 0 aliphatic carbocycles. The van der Waals surface area contributed by atoms with Gasteiger partial charge in [0, 0.05) is 0 Å². The van der Waals surface area contributed by atoms with Crippen molar-refractivity contribution in [1.29, 1.82) is 0 Å². The van der Waals surface area contributed by atoms with Crippen LogP contribution >= 0.6 is 0 Å². The van der Waals surface area contributed by atoms with Crippen LogP contribution < -0.4 is 4.72 Å². The number of aryl methyl sites for hydroxylation is 2. The maximum atomic E-state index is 12.3. The van der Waals surface area contributed by atoms with E-state index < -0.39 is 10.0 Å². The van der Waals surface area contributed by atoms with Crippen LogP contribution in [0.25, 0.3) is 11.0 Å². The molecule has 0 saturated carbocycles. The third kappa shape index (κ3) is 2.03. The first kappa shape index (κ1) is 12.7. The molecule has 3 rings (SSSR count). The third-order valence-electron chi connectivity index (χ3n) is 2.86. The number of nitrogens with zero attached hydrogens (tertiary/aromatic N) is 2. The van der Waals surface area contributed by atoms with E-state index in [2.05, 4.69) is 19.8 Å². The summed E-state index contributed by atoms with van der Waals surface area (Å²) in [4.78, 5) is 7.11. The van der Waals surface area contributed by atoms with E-state index in [4.69, 9.17) is 4.52 Å². The molecule has 1 aromatic carbocycles. The van der Waals surface area contributed by atoms with Crippen LogP contribution in [0, 0.1) is 13.8 Å². The molecule has 104 valence electrons. The molecule has 0 spiro atoms. The number of hydrogen-bond donors (Lipinski definition) is 2. The van der Waals surface area contributed by atoms with E-state index in [0.717, 1.165) is 5.52 Å². The maximum Gasteiger partial charge on any atom is 0.269 e. The van der Waals surface area contributed by atoms with Crippen molar-refractivity contribution in [2.24, 2.45) is 0 Å². The molecule has 0 amide bonds. The maximum absolute atomic E-state index is 12.3. The van der Waals surface area contributed by atoms with Crippen LogP contribution in [0.2, 0.25) is 0 Å². The Bertz CT molecular complexity index is 827. The van der Waals surface area contributed by atoms with Gasteiger partial charge in [0.15, 0.2) is 10.7 Å². The van der Waals surface area contributed by atoms with Crippen molar-refractivity contribution in [1.82, 2.24) is 15.1 Å². The molecule has 0 unspecified atom stereocenters. The van der Waals surface area contributed by atoms with Crippen LogP contribution in [-0.4, -0.2) is 23.5 Å². The van der Waals surface area contributed by atoms with Crippen molar-refractivity contribution in [2.45, 2.75) is 18.7 Å². The number of hydrogen-bond acceptors (Lipinski definition) is 5. The Morgan fingerprint density at radius 2 is 2.00 bits per heavy atom. The number of para-hydroxylation sites is 2. The molecular formula is C12H12N4O3S. The summed E-state index contributed by atoms with van der Waals surface area (Å²) in [5, 5.41) is 3.64. The molecule has 0 fully saturated rings. The Hall–Kier alpha value is -2.35. The highest BCUT2D eigenvalue weighted by molar-refractivity contribution is 7.92. The number of aromatic amines is 1.